The second-order valence-electron chi connectivity index (χ2n) is 6.12. The molecule has 4 aromatic rings. The molecule has 0 saturated carbocycles. The highest BCUT2D eigenvalue weighted by molar-refractivity contribution is 5.98. The molecule has 0 N–H and O–H groups in total. The summed E-state index contributed by atoms with van der Waals surface area (Å²) in [6.45, 7) is 2.11. The zero-order chi connectivity index (χ0) is 17.0. The molecule has 0 radical (unpaired) electrons. The van der Waals surface area contributed by atoms with Gasteiger partial charge in [-0.3, -0.25) is 18.3 Å². The normalized spacial score (nSPS) is 11.8. The van der Waals surface area contributed by atoms with Crippen LogP contribution in [0, 0.1) is 0 Å². The van der Waals surface area contributed by atoms with Crippen LogP contribution in [0.1, 0.15) is 19.0 Å². The van der Waals surface area contributed by atoms with Gasteiger partial charge < -0.3 is 0 Å². The summed E-state index contributed by atoms with van der Waals surface area (Å²) < 4.78 is 4.57. The fraction of sp³-hybridized carbons (Fsp3) is 0.278. The Labute approximate surface area is 137 Å². The van der Waals surface area contributed by atoms with Gasteiger partial charge in [0, 0.05) is 25.2 Å². The molecule has 6 nitrogen and oxygen atoms in total. The van der Waals surface area contributed by atoms with E-state index in [0.29, 0.717) is 11.2 Å². The lowest BCUT2D eigenvalue weighted by Crippen LogP contribution is -2.37. The Morgan fingerprint density at radius 2 is 1.83 bits per heavy atom. The van der Waals surface area contributed by atoms with E-state index in [0.717, 1.165) is 39.5 Å². The monoisotopic (exact) mass is 322 g/mol. The minimum atomic E-state index is -0.358. The molecule has 3 heterocycles. The summed E-state index contributed by atoms with van der Waals surface area (Å²) in [5.41, 5.74) is 1.97. The minimum absolute atomic E-state index is 0.327. The third kappa shape index (κ3) is 1.79. The summed E-state index contributed by atoms with van der Waals surface area (Å²) in [5, 5.41) is 2.06. The molecule has 0 atom stereocenters. The Kier molecular flexibility index (Phi) is 3.09. The predicted molar refractivity (Wildman–Crippen MR) is 94.7 cm³/mol. The van der Waals surface area contributed by atoms with Gasteiger partial charge in [-0.05, 0) is 17.9 Å². The quantitative estimate of drug-likeness (QED) is 0.567. The first-order valence-corrected chi connectivity index (χ1v) is 8.03. The van der Waals surface area contributed by atoms with E-state index in [9.17, 15) is 9.59 Å². The summed E-state index contributed by atoms with van der Waals surface area (Å²) in [7, 11) is 3.17. The number of imidazole rings is 1. The van der Waals surface area contributed by atoms with E-state index in [2.05, 4.69) is 18.0 Å². The van der Waals surface area contributed by atoms with Gasteiger partial charge in [-0.25, -0.2) is 9.78 Å². The molecule has 122 valence electrons. The molecule has 0 fully saturated rings. The second kappa shape index (κ2) is 5.06. The molecule has 0 amide bonds. The number of aromatic nitrogens is 4. The number of fused-ring (bicyclic) bond motifs is 5. The van der Waals surface area contributed by atoms with Gasteiger partial charge in [0.15, 0.2) is 11.2 Å². The van der Waals surface area contributed by atoms with Gasteiger partial charge in [0.1, 0.15) is 5.65 Å². The lowest BCUT2D eigenvalue weighted by atomic mass is 10.1. The van der Waals surface area contributed by atoms with Crippen molar-refractivity contribution in [2.24, 2.45) is 14.1 Å². The highest BCUT2D eigenvalue weighted by atomic mass is 16.2. The van der Waals surface area contributed by atoms with Crippen LogP contribution in [0.4, 0.5) is 0 Å². The van der Waals surface area contributed by atoms with E-state index in [-0.39, 0.29) is 11.2 Å². The van der Waals surface area contributed by atoms with Crippen LogP contribution in [-0.4, -0.2) is 18.5 Å². The van der Waals surface area contributed by atoms with Crippen molar-refractivity contribution < 1.29 is 0 Å². The number of rotatable bonds is 2. The van der Waals surface area contributed by atoms with E-state index in [1.807, 2.05) is 28.7 Å². The average molecular weight is 322 g/mol. The molecular formula is C18H18N4O2. The molecule has 0 aliphatic heterocycles. The van der Waals surface area contributed by atoms with Crippen molar-refractivity contribution in [2.45, 2.75) is 19.8 Å². The van der Waals surface area contributed by atoms with Gasteiger partial charge in [0.25, 0.3) is 5.56 Å². The lowest BCUT2D eigenvalue weighted by Gasteiger charge is -2.10. The maximum absolute atomic E-state index is 12.5. The van der Waals surface area contributed by atoms with Crippen molar-refractivity contribution in [1.82, 2.24) is 18.5 Å². The largest absolute Gasteiger partial charge is 0.332 e. The molecule has 0 spiro atoms. The fourth-order valence-corrected chi connectivity index (χ4v) is 3.39. The first kappa shape index (κ1) is 14.7. The number of benzene rings is 1. The summed E-state index contributed by atoms with van der Waals surface area (Å²) in [6.07, 6.45) is 1.81. The molecule has 4 rings (SSSR count). The van der Waals surface area contributed by atoms with Crippen LogP contribution in [0.25, 0.3) is 27.6 Å². The smallest absolute Gasteiger partial charge is 0.282 e. The Morgan fingerprint density at radius 1 is 1.08 bits per heavy atom. The van der Waals surface area contributed by atoms with Crippen molar-refractivity contribution in [2.75, 3.05) is 0 Å². The molecular weight excluding hydrogens is 304 g/mol. The molecule has 0 aliphatic carbocycles. The molecule has 0 bridgehead atoms. The number of hydrogen-bond donors (Lipinski definition) is 0. The van der Waals surface area contributed by atoms with Crippen LogP contribution in [0.2, 0.25) is 0 Å². The van der Waals surface area contributed by atoms with Gasteiger partial charge in [0.2, 0.25) is 0 Å². The highest BCUT2D eigenvalue weighted by Crippen LogP contribution is 2.25. The van der Waals surface area contributed by atoms with Gasteiger partial charge in [-0.15, -0.1) is 0 Å². The second-order valence-corrected chi connectivity index (χ2v) is 6.12. The Bertz CT molecular complexity index is 1230. The fourth-order valence-electron chi connectivity index (χ4n) is 3.39. The van der Waals surface area contributed by atoms with Gasteiger partial charge in [-0.1, -0.05) is 37.6 Å². The van der Waals surface area contributed by atoms with Crippen LogP contribution in [0.3, 0.4) is 0 Å². The molecule has 3 aromatic heterocycles. The van der Waals surface area contributed by atoms with Crippen LogP contribution in [0.15, 0.2) is 39.9 Å². The van der Waals surface area contributed by atoms with Crippen LogP contribution in [-0.2, 0) is 20.5 Å². The zero-order valence-corrected chi connectivity index (χ0v) is 13.9. The number of hydrogen-bond acceptors (Lipinski definition) is 3. The predicted octanol–water partition coefficient (Wildman–Crippen LogP) is 1.99. The van der Waals surface area contributed by atoms with Gasteiger partial charge >= 0.3 is 5.69 Å². The molecule has 6 heteroatoms. The summed E-state index contributed by atoms with van der Waals surface area (Å²) in [5.74, 6) is 0. The summed E-state index contributed by atoms with van der Waals surface area (Å²) in [4.78, 5) is 29.5. The maximum atomic E-state index is 12.5. The van der Waals surface area contributed by atoms with E-state index >= 15 is 0 Å². The highest BCUT2D eigenvalue weighted by Gasteiger charge is 2.18. The summed E-state index contributed by atoms with van der Waals surface area (Å²) >= 11 is 0. The topological polar surface area (TPSA) is 61.3 Å². The van der Waals surface area contributed by atoms with Crippen LogP contribution < -0.4 is 11.2 Å². The van der Waals surface area contributed by atoms with Crippen LogP contribution >= 0.6 is 0 Å². The van der Waals surface area contributed by atoms with Crippen molar-refractivity contribution in [1.29, 1.82) is 0 Å². The van der Waals surface area contributed by atoms with Gasteiger partial charge in [0.05, 0.1) is 0 Å². The Balaban J connectivity index is 2.38. The van der Waals surface area contributed by atoms with E-state index in [1.54, 1.807) is 7.05 Å². The van der Waals surface area contributed by atoms with Crippen LogP contribution in [0.5, 0.6) is 0 Å². The SMILES string of the molecule is CCCc1cc2ccccc2c2nc3c(=O)n(C)c(=O)n(C)c3n12. The third-order valence-electron chi connectivity index (χ3n) is 4.57. The number of pyridine rings is 1. The molecule has 1 aromatic carbocycles. The average Bonchev–Trinajstić information content (AvgIpc) is 3.00. The van der Waals surface area contributed by atoms with E-state index < -0.39 is 0 Å². The maximum Gasteiger partial charge on any atom is 0.332 e. The number of nitrogens with zero attached hydrogens (tertiary/aromatic N) is 4. The van der Waals surface area contributed by atoms with Crippen molar-refractivity contribution in [3.63, 3.8) is 0 Å². The Morgan fingerprint density at radius 3 is 2.58 bits per heavy atom. The molecule has 0 aliphatic rings. The van der Waals surface area contributed by atoms with E-state index in [4.69, 9.17) is 0 Å². The Hall–Kier alpha value is -2.89. The summed E-state index contributed by atoms with van der Waals surface area (Å²) in [6, 6.07) is 10.1. The standard InChI is InChI=1S/C18H18N4O2/c1-4-7-12-10-11-8-5-6-9-13(11)15-19-14-16(22(12)15)20(2)18(24)21(3)17(14)23/h5-6,8-10H,4,7H2,1-3H3. The first-order valence-electron chi connectivity index (χ1n) is 8.03. The lowest BCUT2D eigenvalue weighted by molar-refractivity contribution is 0.703. The minimum Gasteiger partial charge on any atom is -0.282 e. The first-order chi connectivity index (χ1) is 11.5. The number of aryl methyl sites for hydroxylation is 2. The molecule has 0 unspecified atom stereocenters. The van der Waals surface area contributed by atoms with Crippen molar-refractivity contribution in [3.8, 4) is 0 Å². The van der Waals surface area contributed by atoms with Crippen molar-refractivity contribution >= 4 is 27.6 Å². The molecule has 24 heavy (non-hydrogen) atoms. The molecule has 0 saturated heterocycles. The van der Waals surface area contributed by atoms with Crippen molar-refractivity contribution in [3.05, 3.63) is 56.9 Å². The zero-order valence-electron chi connectivity index (χ0n) is 13.9. The third-order valence-corrected chi connectivity index (χ3v) is 4.57. The van der Waals surface area contributed by atoms with Gasteiger partial charge in [-0.2, -0.15) is 0 Å². The van der Waals surface area contributed by atoms with E-state index in [1.165, 1.54) is 11.6 Å².